The fourth-order valence-corrected chi connectivity index (χ4v) is 22.6. The number of aryl methyl sites for hydroxylation is 2. The molecule has 26 aromatic rings. The maximum Gasteiger partial charge on any atom is 0.123 e. The lowest BCUT2D eigenvalue weighted by molar-refractivity contribution is 0.885. The summed E-state index contributed by atoms with van der Waals surface area (Å²) in [6, 6.07) is 160. The van der Waals surface area contributed by atoms with Gasteiger partial charge in [0.1, 0.15) is 20.0 Å². The molecule has 14 heteroatoms. The third-order valence-corrected chi connectivity index (χ3v) is 30.2. The van der Waals surface area contributed by atoms with Crippen molar-refractivity contribution in [3.63, 3.8) is 0 Å². The summed E-state index contributed by atoms with van der Waals surface area (Å²) in [5.74, 6) is 0. The number of rotatable bonds is 22. The molecule has 708 valence electrons. The average molecular weight is 1980 g/mol. The van der Waals surface area contributed by atoms with Gasteiger partial charge >= 0.3 is 0 Å². The molecule has 18 aromatic carbocycles. The van der Waals surface area contributed by atoms with Gasteiger partial charge in [-0.05, 0) is 299 Å². The molecule has 0 aliphatic carbocycles. The fraction of sp³-hybridized carbons (Fsp3) is 0.0448. The van der Waals surface area contributed by atoms with Crippen LogP contribution in [0.2, 0.25) is 0 Å². The van der Waals surface area contributed by atoms with Crippen LogP contribution >= 0.6 is 45.3 Å². The highest BCUT2D eigenvalue weighted by atomic mass is 32.1. The van der Waals surface area contributed by atoms with Crippen LogP contribution in [0.25, 0.3) is 186 Å². The highest BCUT2D eigenvalue weighted by Crippen LogP contribution is 2.46. The Bertz CT molecular complexity index is 8710. The molecule has 0 saturated carbocycles. The molecule has 0 amide bonds. The predicted octanol–water partition coefficient (Wildman–Crippen LogP) is 35.3. The van der Waals surface area contributed by atoms with E-state index in [9.17, 15) is 0 Å². The summed E-state index contributed by atoms with van der Waals surface area (Å²) >= 11 is 6.84. The lowest BCUT2D eigenvalue weighted by Crippen LogP contribution is -2.00. The standard InChI is InChI=1S/C39H26N2S2.2C37H27N3.C21H18N2S2/c1-2-10-28(11-3-1)36-32-13-4-6-15-34(32)37(35-16-7-5-14-33(35)36)30-23-27(24-31(25-30)39-41-18-20-43-39)21-26-9-8-12-29(22-26)38-40-17-19-42-38;2*1-2-11-30(12-3-1)37-18-20-39-40(37)35-14-8-9-27(24-35)21-28-22-33(26-34(23-28)36-15-6-7-19-38-36)32-17-16-29-10-4-5-13-31(29)25-32;1-14-12-22-20(24-14)18-7-3-5-16(10-18)9-17-6-4-8-19(11-17)21-23-13-15(2)25-21/h1-20,22-25H,21H2;2*1-20,22-26H,21H2;3-8,10-13H,9H2,1-2H3. The van der Waals surface area contributed by atoms with Crippen molar-refractivity contribution in [3.8, 4) is 143 Å². The highest BCUT2D eigenvalue weighted by molar-refractivity contribution is 7.15. The minimum absolute atomic E-state index is 0.803. The molecular weight excluding hydrogens is 1880 g/mol. The van der Waals surface area contributed by atoms with Gasteiger partial charge in [0.15, 0.2) is 0 Å². The maximum atomic E-state index is 4.71. The Balaban J connectivity index is 0.000000110. The van der Waals surface area contributed by atoms with Gasteiger partial charge in [-0.3, -0.25) is 9.97 Å². The highest BCUT2D eigenvalue weighted by Gasteiger charge is 2.22. The first-order valence-electron chi connectivity index (χ1n) is 49.6. The van der Waals surface area contributed by atoms with Crippen LogP contribution in [-0.4, -0.2) is 49.5 Å². The van der Waals surface area contributed by atoms with E-state index in [1.54, 1.807) is 45.3 Å². The molecular formula is C134H98N10S4. The Morgan fingerprint density at radius 3 is 0.953 bits per heavy atom. The summed E-state index contributed by atoms with van der Waals surface area (Å²) in [6.07, 6.45) is 18.4. The van der Waals surface area contributed by atoms with E-state index in [-0.39, 0.29) is 0 Å². The smallest absolute Gasteiger partial charge is 0.123 e. The fourth-order valence-electron chi connectivity index (χ4n) is 19.8. The van der Waals surface area contributed by atoms with Gasteiger partial charge in [-0.1, -0.05) is 322 Å². The minimum atomic E-state index is 0.803. The number of benzene rings is 18. The molecule has 0 spiro atoms. The van der Waals surface area contributed by atoms with Gasteiger partial charge in [0, 0.05) is 102 Å². The first-order chi connectivity index (χ1) is 73.1. The zero-order valence-electron chi connectivity index (χ0n) is 81.4. The lowest BCUT2D eigenvalue weighted by atomic mass is 9.85. The van der Waals surface area contributed by atoms with E-state index < -0.39 is 0 Å². The first-order valence-corrected chi connectivity index (χ1v) is 53.0. The molecule has 26 rings (SSSR count). The third-order valence-electron chi connectivity index (χ3n) is 26.6. The van der Waals surface area contributed by atoms with Crippen molar-refractivity contribution in [2.45, 2.75) is 39.5 Å². The normalized spacial score (nSPS) is 11.1. The van der Waals surface area contributed by atoms with Crippen LogP contribution in [0.1, 0.15) is 54.3 Å². The van der Waals surface area contributed by atoms with Crippen LogP contribution in [0.5, 0.6) is 0 Å². The van der Waals surface area contributed by atoms with E-state index in [1.807, 2.05) is 101 Å². The van der Waals surface area contributed by atoms with Crippen LogP contribution in [0, 0.1) is 13.8 Å². The maximum absolute atomic E-state index is 4.71. The number of hydrogen-bond acceptors (Lipinski definition) is 12. The van der Waals surface area contributed by atoms with Gasteiger partial charge in [-0.15, -0.1) is 45.3 Å². The Hall–Kier alpha value is -17.8. The van der Waals surface area contributed by atoms with E-state index in [2.05, 4.69) is 467 Å². The molecule has 0 aliphatic rings. The molecule has 0 bridgehead atoms. The molecule has 0 N–H and O–H groups in total. The predicted molar refractivity (Wildman–Crippen MR) is 620 cm³/mol. The third kappa shape index (κ3) is 21.6. The quantitative estimate of drug-likeness (QED) is 0.0617. The van der Waals surface area contributed by atoms with Crippen molar-refractivity contribution >= 4 is 88.4 Å². The molecule has 10 nitrogen and oxygen atoms in total. The zero-order chi connectivity index (χ0) is 99.3. The van der Waals surface area contributed by atoms with Crippen LogP contribution in [-0.2, 0) is 25.7 Å². The topological polar surface area (TPSA) is 113 Å². The largest absolute Gasteiger partial charge is 0.256 e. The summed E-state index contributed by atoms with van der Waals surface area (Å²) in [6.45, 7) is 4.19. The van der Waals surface area contributed by atoms with Crippen molar-refractivity contribution in [2.24, 2.45) is 0 Å². The Labute approximate surface area is 877 Å². The summed E-state index contributed by atoms with van der Waals surface area (Å²) in [5, 5.41) is 27.7. The van der Waals surface area contributed by atoms with E-state index in [0.29, 0.717) is 0 Å². The van der Waals surface area contributed by atoms with Gasteiger partial charge in [0.05, 0.1) is 46.5 Å². The first kappa shape index (κ1) is 93.9. The Morgan fingerprint density at radius 1 is 0.203 bits per heavy atom. The Morgan fingerprint density at radius 2 is 0.541 bits per heavy atom. The average Bonchev–Trinajstić information content (AvgIpc) is 0.755. The van der Waals surface area contributed by atoms with Gasteiger partial charge < -0.3 is 0 Å². The Kier molecular flexibility index (Phi) is 27.8. The molecule has 0 aliphatic heterocycles. The molecule has 0 unspecified atom stereocenters. The van der Waals surface area contributed by atoms with E-state index in [1.165, 1.54) is 153 Å². The molecule has 148 heavy (non-hydrogen) atoms. The van der Waals surface area contributed by atoms with Crippen molar-refractivity contribution in [1.29, 1.82) is 0 Å². The summed E-state index contributed by atoms with van der Waals surface area (Å²) in [5.41, 5.74) is 35.3. The summed E-state index contributed by atoms with van der Waals surface area (Å²) in [7, 11) is 0. The minimum Gasteiger partial charge on any atom is -0.256 e. The number of nitrogens with zero attached hydrogens (tertiary/aromatic N) is 10. The second-order valence-electron chi connectivity index (χ2n) is 36.9. The SMILES string of the molecule is Cc1cnc(-c2cccc(Cc3cccc(-c4ncc(C)s4)c3)c2)s1.c1ccc(-c2c3ccccc3c(-c3cc(Cc4cccc(-c5nccs5)c4)cc(-c4nccs4)c3)c3ccccc23)cc1.c1ccc(-c2ccnn2-c2cccc(Cc3cc(-c4ccc5ccccc5c4)cc(-c4ccccn4)c3)c2)cc1.c1ccc(-c2ccnn2-c2cccc(Cc3cc(-c4ccc5ccccc5c4)cc(-c4ccccn4)c3)c2)cc1. The zero-order valence-corrected chi connectivity index (χ0v) is 84.7. The van der Waals surface area contributed by atoms with Gasteiger partial charge in [-0.2, -0.15) is 10.2 Å². The molecule has 0 radical (unpaired) electrons. The van der Waals surface area contributed by atoms with Gasteiger partial charge in [0.2, 0.25) is 0 Å². The summed E-state index contributed by atoms with van der Waals surface area (Å²) < 4.78 is 4.04. The van der Waals surface area contributed by atoms with E-state index >= 15 is 0 Å². The number of aromatic nitrogens is 10. The van der Waals surface area contributed by atoms with Crippen LogP contribution in [0.4, 0.5) is 0 Å². The molecule has 0 saturated heterocycles. The van der Waals surface area contributed by atoms with E-state index in [4.69, 9.17) is 4.98 Å². The summed E-state index contributed by atoms with van der Waals surface area (Å²) in [4.78, 5) is 30.0. The number of fused-ring (bicyclic) bond motifs is 4. The van der Waals surface area contributed by atoms with Crippen LogP contribution < -0.4 is 0 Å². The van der Waals surface area contributed by atoms with E-state index in [0.717, 1.165) is 113 Å². The molecule has 0 fully saturated rings. The second-order valence-corrected chi connectivity index (χ2v) is 41.1. The van der Waals surface area contributed by atoms with Crippen molar-refractivity contribution in [3.05, 3.63) is 564 Å². The molecule has 8 heterocycles. The van der Waals surface area contributed by atoms with Crippen molar-refractivity contribution in [2.75, 3.05) is 0 Å². The van der Waals surface area contributed by atoms with Crippen molar-refractivity contribution in [1.82, 2.24) is 49.5 Å². The number of thiazole rings is 4. The van der Waals surface area contributed by atoms with Crippen LogP contribution in [0.15, 0.2) is 509 Å². The number of pyridine rings is 2. The molecule has 8 aromatic heterocycles. The molecule has 0 atom stereocenters. The number of hydrogen-bond donors (Lipinski definition) is 0. The second kappa shape index (κ2) is 43.8. The monoisotopic (exact) mass is 1970 g/mol. The van der Waals surface area contributed by atoms with Crippen LogP contribution in [0.3, 0.4) is 0 Å². The lowest BCUT2D eigenvalue weighted by Gasteiger charge is -2.19. The van der Waals surface area contributed by atoms with Gasteiger partial charge in [-0.25, -0.2) is 29.3 Å². The van der Waals surface area contributed by atoms with Crippen molar-refractivity contribution < 1.29 is 0 Å². The van der Waals surface area contributed by atoms with Gasteiger partial charge in [0.25, 0.3) is 0 Å².